The van der Waals surface area contributed by atoms with Gasteiger partial charge in [-0.15, -0.1) is 0 Å². The SMILES string of the molecule is CC(C)(C)c1cc(C(F)(F)F)ccc1Cl. The van der Waals surface area contributed by atoms with Gasteiger partial charge in [0.25, 0.3) is 0 Å². The number of halogens is 4. The minimum Gasteiger partial charge on any atom is -0.166 e. The maximum absolute atomic E-state index is 12.4. The topological polar surface area (TPSA) is 0 Å². The Hall–Kier alpha value is -0.700. The highest BCUT2D eigenvalue weighted by molar-refractivity contribution is 6.31. The van der Waals surface area contributed by atoms with Crippen LogP contribution in [0.5, 0.6) is 0 Å². The zero-order valence-corrected chi connectivity index (χ0v) is 9.50. The molecule has 0 unspecified atom stereocenters. The van der Waals surface area contributed by atoms with Crippen molar-refractivity contribution in [1.29, 1.82) is 0 Å². The van der Waals surface area contributed by atoms with Crippen molar-refractivity contribution in [2.75, 3.05) is 0 Å². The van der Waals surface area contributed by atoms with Crippen molar-refractivity contribution < 1.29 is 13.2 Å². The van der Waals surface area contributed by atoms with E-state index >= 15 is 0 Å². The molecular formula is C11H12ClF3. The van der Waals surface area contributed by atoms with E-state index in [1.54, 1.807) is 0 Å². The summed E-state index contributed by atoms with van der Waals surface area (Å²) in [5.74, 6) is 0. The Morgan fingerprint density at radius 1 is 1.07 bits per heavy atom. The molecular weight excluding hydrogens is 225 g/mol. The van der Waals surface area contributed by atoms with Gasteiger partial charge in [-0.25, -0.2) is 0 Å². The molecule has 0 aromatic heterocycles. The van der Waals surface area contributed by atoms with Crippen LogP contribution in [0.2, 0.25) is 5.02 Å². The minimum absolute atomic E-state index is 0.371. The van der Waals surface area contributed by atoms with Gasteiger partial charge in [0.15, 0.2) is 0 Å². The second-order valence-electron chi connectivity index (χ2n) is 4.44. The van der Waals surface area contributed by atoms with Gasteiger partial charge in [0, 0.05) is 5.02 Å². The van der Waals surface area contributed by atoms with Crippen molar-refractivity contribution in [3.8, 4) is 0 Å². The quantitative estimate of drug-likeness (QED) is 0.615. The lowest BCUT2D eigenvalue weighted by atomic mass is 9.86. The van der Waals surface area contributed by atoms with Crippen molar-refractivity contribution in [1.82, 2.24) is 0 Å². The van der Waals surface area contributed by atoms with E-state index in [1.165, 1.54) is 6.07 Å². The second kappa shape index (κ2) is 3.71. The van der Waals surface area contributed by atoms with Crippen LogP contribution >= 0.6 is 11.6 Å². The number of hydrogen-bond donors (Lipinski definition) is 0. The van der Waals surface area contributed by atoms with Crippen LogP contribution in [0.4, 0.5) is 13.2 Å². The van der Waals surface area contributed by atoms with Crippen LogP contribution in [-0.4, -0.2) is 0 Å². The van der Waals surface area contributed by atoms with Gasteiger partial charge in [0.1, 0.15) is 0 Å². The number of benzene rings is 1. The Kier molecular flexibility index (Phi) is 3.06. The van der Waals surface area contributed by atoms with Gasteiger partial charge in [-0.05, 0) is 29.2 Å². The van der Waals surface area contributed by atoms with Crippen molar-refractivity contribution >= 4 is 11.6 Å². The highest BCUT2D eigenvalue weighted by atomic mass is 35.5. The van der Waals surface area contributed by atoms with Gasteiger partial charge in [-0.2, -0.15) is 13.2 Å². The first kappa shape index (κ1) is 12.4. The van der Waals surface area contributed by atoms with E-state index < -0.39 is 17.2 Å². The number of rotatable bonds is 0. The molecule has 0 saturated heterocycles. The van der Waals surface area contributed by atoms with E-state index in [0.29, 0.717) is 10.6 Å². The Balaban J connectivity index is 3.30. The molecule has 0 saturated carbocycles. The van der Waals surface area contributed by atoms with Crippen LogP contribution in [-0.2, 0) is 11.6 Å². The molecule has 0 aliphatic carbocycles. The molecule has 0 atom stereocenters. The average molecular weight is 237 g/mol. The van der Waals surface area contributed by atoms with E-state index in [-0.39, 0.29) is 0 Å². The lowest BCUT2D eigenvalue weighted by molar-refractivity contribution is -0.137. The van der Waals surface area contributed by atoms with Gasteiger partial charge in [0.05, 0.1) is 5.56 Å². The highest BCUT2D eigenvalue weighted by Gasteiger charge is 2.32. The first-order valence-electron chi connectivity index (χ1n) is 4.49. The van der Waals surface area contributed by atoms with E-state index in [2.05, 4.69) is 0 Å². The molecule has 0 aliphatic rings. The zero-order valence-electron chi connectivity index (χ0n) is 8.74. The summed E-state index contributed by atoms with van der Waals surface area (Å²) in [6.07, 6.45) is -4.31. The summed E-state index contributed by atoms with van der Waals surface area (Å²) in [6, 6.07) is 3.41. The summed E-state index contributed by atoms with van der Waals surface area (Å²) in [4.78, 5) is 0. The van der Waals surface area contributed by atoms with Crippen LogP contribution in [0.1, 0.15) is 31.9 Å². The Morgan fingerprint density at radius 3 is 2.00 bits per heavy atom. The molecule has 84 valence electrons. The summed E-state index contributed by atoms with van der Waals surface area (Å²) in [5, 5.41) is 0.371. The Morgan fingerprint density at radius 2 is 1.60 bits per heavy atom. The third-order valence-electron chi connectivity index (χ3n) is 2.10. The van der Waals surface area contributed by atoms with Crippen molar-refractivity contribution in [3.63, 3.8) is 0 Å². The molecule has 1 aromatic carbocycles. The largest absolute Gasteiger partial charge is 0.416 e. The summed E-state index contributed by atoms with van der Waals surface area (Å²) >= 11 is 5.86. The molecule has 0 radical (unpaired) electrons. The average Bonchev–Trinajstić information content (AvgIpc) is 2.00. The predicted molar refractivity (Wildman–Crippen MR) is 55.2 cm³/mol. The number of alkyl halides is 3. The molecule has 0 aliphatic heterocycles. The zero-order chi connectivity index (χ0) is 11.9. The van der Waals surface area contributed by atoms with Crippen molar-refractivity contribution in [3.05, 3.63) is 34.3 Å². The van der Waals surface area contributed by atoms with E-state index in [4.69, 9.17) is 11.6 Å². The summed E-state index contributed by atoms with van der Waals surface area (Å²) in [7, 11) is 0. The highest BCUT2D eigenvalue weighted by Crippen LogP contribution is 2.36. The fourth-order valence-electron chi connectivity index (χ4n) is 1.28. The molecule has 0 bridgehead atoms. The smallest absolute Gasteiger partial charge is 0.166 e. The molecule has 4 heteroatoms. The van der Waals surface area contributed by atoms with Gasteiger partial charge in [-0.3, -0.25) is 0 Å². The summed E-state index contributed by atoms with van der Waals surface area (Å²) < 4.78 is 37.3. The van der Waals surface area contributed by atoms with E-state index in [0.717, 1.165) is 12.1 Å². The maximum atomic E-state index is 12.4. The van der Waals surface area contributed by atoms with Crippen LogP contribution in [0.15, 0.2) is 18.2 Å². The monoisotopic (exact) mass is 236 g/mol. The van der Waals surface area contributed by atoms with Crippen LogP contribution in [0, 0.1) is 0 Å². The van der Waals surface area contributed by atoms with Crippen LogP contribution < -0.4 is 0 Å². The fraction of sp³-hybridized carbons (Fsp3) is 0.455. The first-order chi connectivity index (χ1) is 6.62. The number of hydrogen-bond acceptors (Lipinski definition) is 0. The Labute approximate surface area is 92.1 Å². The molecule has 0 nitrogen and oxygen atoms in total. The predicted octanol–water partition coefficient (Wildman–Crippen LogP) is 4.66. The van der Waals surface area contributed by atoms with E-state index in [9.17, 15) is 13.2 Å². The first-order valence-corrected chi connectivity index (χ1v) is 4.87. The molecule has 1 aromatic rings. The molecule has 1 rings (SSSR count). The van der Waals surface area contributed by atoms with Gasteiger partial charge in [-0.1, -0.05) is 32.4 Å². The normalized spacial score (nSPS) is 13.0. The molecule has 0 amide bonds. The van der Waals surface area contributed by atoms with E-state index in [1.807, 2.05) is 20.8 Å². The molecule has 0 spiro atoms. The van der Waals surface area contributed by atoms with Crippen molar-refractivity contribution in [2.45, 2.75) is 32.4 Å². The van der Waals surface area contributed by atoms with Crippen LogP contribution in [0.25, 0.3) is 0 Å². The van der Waals surface area contributed by atoms with Gasteiger partial charge < -0.3 is 0 Å². The molecule has 15 heavy (non-hydrogen) atoms. The molecule has 0 N–H and O–H groups in total. The van der Waals surface area contributed by atoms with Gasteiger partial charge >= 0.3 is 6.18 Å². The Bertz CT molecular complexity index is 361. The minimum atomic E-state index is -4.31. The second-order valence-corrected chi connectivity index (χ2v) is 4.85. The lowest BCUT2D eigenvalue weighted by Crippen LogP contribution is -2.14. The standard InChI is InChI=1S/C11H12ClF3/c1-10(2,3)8-6-7(11(13,14)15)4-5-9(8)12/h4-6H,1-3H3. The summed E-state index contributed by atoms with van der Waals surface area (Å²) in [6.45, 7) is 5.48. The van der Waals surface area contributed by atoms with Crippen LogP contribution in [0.3, 0.4) is 0 Å². The summed E-state index contributed by atoms with van der Waals surface area (Å²) in [5.41, 5.74) is -0.533. The third-order valence-corrected chi connectivity index (χ3v) is 2.43. The maximum Gasteiger partial charge on any atom is 0.416 e. The van der Waals surface area contributed by atoms with Crippen molar-refractivity contribution in [2.24, 2.45) is 0 Å². The fourth-order valence-corrected chi connectivity index (χ4v) is 1.68. The molecule has 0 fully saturated rings. The molecule has 0 heterocycles. The van der Waals surface area contributed by atoms with Gasteiger partial charge in [0.2, 0.25) is 0 Å². The lowest BCUT2D eigenvalue weighted by Gasteiger charge is -2.22. The third kappa shape index (κ3) is 2.88.